The van der Waals surface area contributed by atoms with Crippen LogP contribution in [0.5, 0.6) is 0 Å². The number of amides is 1. The maximum absolute atomic E-state index is 12.1. The number of aryl methyl sites for hydroxylation is 1. The Morgan fingerprint density at radius 2 is 2.10 bits per heavy atom. The molecule has 1 fully saturated rings. The van der Waals surface area contributed by atoms with Crippen molar-refractivity contribution < 1.29 is 4.79 Å². The number of nitrogens with zero attached hydrogens (tertiary/aromatic N) is 1. The SMILES string of the molecule is Cc1ccc(SCCC(=O)N2CCNC[C@H]2C)cc1.Cl. The Labute approximate surface area is 131 Å². The van der Waals surface area contributed by atoms with Crippen molar-refractivity contribution in [2.75, 3.05) is 25.4 Å². The number of hydrogen-bond donors (Lipinski definition) is 1. The fraction of sp³-hybridized carbons (Fsp3) is 0.533. The van der Waals surface area contributed by atoms with Crippen LogP contribution in [0.3, 0.4) is 0 Å². The van der Waals surface area contributed by atoms with Crippen molar-refractivity contribution in [2.24, 2.45) is 0 Å². The zero-order valence-electron chi connectivity index (χ0n) is 12.1. The molecule has 1 N–H and O–H groups in total. The highest BCUT2D eigenvalue weighted by atomic mass is 35.5. The molecule has 1 atom stereocenters. The first-order chi connectivity index (χ1) is 9.16. The van der Waals surface area contributed by atoms with E-state index in [-0.39, 0.29) is 18.3 Å². The molecule has 0 bridgehead atoms. The third-order valence-corrected chi connectivity index (χ3v) is 4.44. The summed E-state index contributed by atoms with van der Waals surface area (Å²) in [5.41, 5.74) is 1.27. The number of benzene rings is 1. The standard InChI is InChI=1S/C15H22N2OS.ClH/c1-12-3-5-14(6-4-12)19-10-7-15(18)17-9-8-16-11-13(17)2;/h3-6,13,16H,7-11H2,1-2H3;1H/t13-;/m1./s1. The number of hydrogen-bond acceptors (Lipinski definition) is 3. The number of carbonyl (C=O) groups excluding carboxylic acids is 1. The Kier molecular flexibility index (Phi) is 7.41. The van der Waals surface area contributed by atoms with Crippen molar-refractivity contribution >= 4 is 30.1 Å². The Morgan fingerprint density at radius 3 is 2.75 bits per heavy atom. The first-order valence-corrected chi connectivity index (χ1v) is 7.85. The normalized spacial score (nSPS) is 18.5. The summed E-state index contributed by atoms with van der Waals surface area (Å²) >= 11 is 1.76. The van der Waals surface area contributed by atoms with Gasteiger partial charge >= 0.3 is 0 Å². The van der Waals surface area contributed by atoms with E-state index in [1.807, 2.05) is 4.90 Å². The van der Waals surface area contributed by atoms with Crippen LogP contribution >= 0.6 is 24.2 Å². The molecule has 1 heterocycles. The van der Waals surface area contributed by atoms with Crippen LogP contribution in [0.25, 0.3) is 0 Å². The van der Waals surface area contributed by atoms with E-state index in [1.165, 1.54) is 10.5 Å². The highest BCUT2D eigenvalue weighted by Crippen LogP contribution is 2.19. The topological polar surface area (TPSA) is 32.3 Å². The van der Waals surface area contributed by atoms with Gasteiger partial charge in [-0.3, -0.25) is 4.79 Å². The Balaban J connectivity index is 0.00000200. The summed E-state index contributed by atoms with van der Waals surface area (Å²) in [6.07, 6.45) is 0.628. The predicted molar refractivity (Wildman–Crippen MR) is 87.8 cm³/mol. The number of thioether (sulfide) groups is 1. The van der Waals surface area contributed by atoms with Crippen LogP contribution in [0.15, 0.2) is 29.2 Å². The number of nitrogens with one attached hydrogen (secondary N) is 1. The van der Waals surface area contributed by atoms with Crippen molar-refractivity contribution in [2.45, 2.75) is 31.2 Å². The minimum absolute atomic E-state index is 0. The third kappa shape index (κ3) is 5.00. The minimum Gasteiger partial charge on any atom is -0.337 e. The summed E-state index contributed by atoms with van der Waals surface area (Å²) in [7, 11) is 0. The molecule has 1 aromatic rings. The molecule has 3 nitrogen and oxygen atoms in total. The maximum atomic E-state index is 12.1. The van der Waals surface area contributed by atoms with E-state index in [0.717, 1.165) is 25.4 Å². The van der Waals surface area contributed by atoms with Gasteiger partial charge in [0.1, 0.15) is 0 Å². The first-order valence-electron chi connectivity index (χ1n) is 6.86. The summed E-state index contributed by atoms with van der Waals surface area (Å²) in [6.45, 7) is 6.87. The first kappa shape index (κ1) is 17.3. The van der Waals surface area contributed by atoms with Gasteiger partial charge in [-0.1, -0.05) is 17.7 Å². The highest BCUT2D eigenvalue weighted by molar-refractivity contribution is 7.99. The summed E-state index contributed by atoms with van der Waals surface area (Å²) in [4.78, 5) is 15.4. The molecule has 112 valence electrons. The lowest BCUT2D eigenvalue weighted by atomic mass is 10.2. The smallest absolute Gasteiger partial charge is 0.223 e. The quantitative estimate of drug-likeness (QED) is 0.867. The van der Waals surface area contributed by atoms with E-state index < -0.39 is 0 Å². The van der Waals surface area contributed by atoms with Gasteiger partial charge in [0.05, 0.1) is 0 Å². The number of piperazine rings is 1. The molecule has 1 amide bonds. The summed E-state index contributed by atoms with van der Waals surface area (Å²) in [6, 6.07) is 8.80. The molecule has 0 saturated carbocycles. The van der Waals surface area contributed by atoms with Gasteiger partial charge in [0, 0.05) is 42.7 Å². The monoisotopic (exact) mass is 314 g/mol. The van der Waals surface area contributed by atoms with Crippen molar-refractivity contribution in [1.82, 2.24) is 10.2 Å². The van der Waals surface area contributed by atoms with Gasteiger partial charge in [0.15, 0.2) is 0 Å². The van der Waals surface area contributed by atoms with E-state index in [0.29, 0.717) is 12.5 Å². The van der Waals surface area contributed by atoms with Gasteiger partial charge in [-0.25, -0.2) is 0 Å². The lowest BCUT2D eigenvalue weighted by Crippen LogP contribution is -2.52. The summed E-state index contributed by atoms with van der Waals surface area (Å²) < 4.78 is 0. The van der Waals surface area contributed by atoms with E-state index in [1.54, 1.807) is 11.8 Å². The van der Waals surface area contributed by atoms with Crippen molar-refractivity contribution in [3.05, 3.63) is 29.8 Å². The van der Waals surface area contributed by atoms with E-state index in [9.17, 15) is 4.79 Å². The molecule has 1 aromatic carbocycles. The molecule has 20 heavy (non-hydrogen) atoms. The summed E-state index contributed by atoms with van der Waals surface area (Å²) in [5.74, 6) is 1.15. The van der Waals surface area contributed by atoms with Crippen molar-refractivity contribution in [3.63, 3.8) is 0 Å². The fourth-order valence-electron chi connectivity index (χ4n) is 2.25. The van der Waals surface area contributed by atoms with Gasteiger partial charge in [-0.2, -0.15) is 0 Å². The van der Waals surface area contributed by atoms with Gasteiger partial charge in [-0.05, 0) is 26.0 Å². The van der Waals surface area contributed by atoms with Crippen LogP contribution in [0.2, 0.25) is 0 Å². The highest BCUT2D eigenvalue weighted by Gasteiger charge is 2.22. The lowest BCUT2D eigenvalue weighted by Gasteiger charge is -2.34. The van der Waals surface area contributed by atoms with Crippen molar-refractivity contribution in [1.29, 1.82) is 0 Å². The average molecular weight is 315 g/mol. The Bertz CT molecular complexity index is 424. The van der Waals surface area contributed by atoms with Gasteiger partial charge < -0.3 is 10.2 Å². The second kappa shape index (κ2) is 8.55. The number of halogens is 1. The second-order valence-corrected chi connectivity index (χ2v) is 6.22. The van der Waals surface area contributed by atoms with E-state index >= 15 is 0 Å². The number of carbonyl (C=O) groups is 1. The minimum atomic E-state index is 0. The number of rotatable bonds is 4. The van der Waals surface area contributed by atoms with Crippen LogP contribution in [0, 0.1) is 6.92 Å². The molecule has 0 aromatic heterocycles. The van der Waals surface area contributed by atoms with Gasteiger partial charge in [0.2, 0.25) is 5.91 Å². The third-order valence-electron chi connectivity index (χ3n) is 3.43. The lowest BCUT2D eigenvalue weighted by molar-refractivity contribution is -0.133. The zero-order chi connectivity index (χ0) is 13.7. The molecular formula is C15H23ClN2OS. The molecule has 1 saturated heterocycles. The van der Waals surface area contributed by atoms with Crippen LogP contribution in [0.1, 0.15) is 18.9 Å². The van der Waals surface area contributed by atoms with E-state index in [4.69, 9.17) is 0 Å². The molecule has 1 aliphatic rings. The van der Waals surface area contributed by atoms with Gasteiger partial charge in [0.25, 0.3) is 0 Å². The average Bonchev–Trinajstić information content (AvgIpc) is 2.41. The second-order valence-electron chi connectivity index (χ2n) is 5.05. The fourth-order valence-corrected chi connectivity index (χ4v) is 3.09. The molecule has 0 unspecified atom stereocenters. The molecule has 1 aliphatic heterocycles. The van der Waals surface area contributed by atoms with Crippen LogP contribution in [-0.4, -0.2) is 42.2 Å². The zero-order valence-corrected chi connectivity index (χ0v) is 13.7. The summed E-state index contributed by atoms with van der Waals surface area (Å²) in [5, 5.41) is 3.31. The van der Waals surface area contributed by atoms with Gasteiger partial charge in [-0.15, -0.1) is 24.2 Å². The van der Waals surface area contributed by atoms with Crippen LogP contribution in [0.4, 0.5) is 0 Å². The van der Waals surface area contributed by atoms with E-state index in [2.05, 4.69) is 43.4 Å². The maximum Gasteiger partial charge on any atom is 0.223 e. The molecular weight excluding hydrogens is 292 g/mol. The molecule has 0 radical (unpaired) electrons. The van der Waals surface area contributed by atoms with Crippen LogP contribution < -0.4 is 5.32 Å². The largest absolute Gasteiger partial charge is 0.337 e. The molecule has 0 aliphatic carbocycles. The predicted octanol–water partition coefficient (Wildman–Crippen LogP) is 2.72. The van der Waals surface area contributed by atoms with Crippen molar-refractivity contribution in [3.8, 4) is 0 Å². The Hall–Kier alpha value is -0.710. The molecule has 0 spiro atoms. The molecule has 5 heteroatoms. The van der Waals surface area contributed by atoms with Crippen LogP contribution in [-0.2, 0) is 4.79 Å². The molecule has 2 rings (SSSR count). The Morgan fingerprint density at radius 1 is 1.40 bits per heavy atom.